The molecule has 12 heteroatoms. The molecule has 1 fully saturated rings. The largest absolute Gasteiger partial charge is 0.467 e. The van der Waals surface area contributed by atoms with E-state index in [0.717, 1.165) is 34.3 Å². The molecule has 182 valence electrons. The van der Waals surface area contributed by atoms with E-state index in [1.807, 2.05) is 6.07 Å². The topological polar surface area (TPSA) is 136 Å². The molecule has 0 saturated carbocycles. The van der Waals surface area contributed by atoms with Crippen molar-refractivity contribution >= 4 is 27.6 Å². The summed E-state index contributed by atoms with van der Waals surface area (Å²) in [6, 6.07) is 11.8. The number of nitro benzene ring substituents is 1. The molecule has 0 N–H and O–H groups in total. The zero-order chi connectivity index (χ0) is 24.9. The Morgan fingerprint density at radius 3 is 2.32 bits per heavy atom. The van der Waals surface area contributed by atoms with Crippen LogP contribution in [0.25, 0.3) is 0 Å². The molecule has 11 nitrogen and oxygen atoms in total. The van der Waals surface area contributed by atoms with E-state index in [9.17, 15) is 28.1 Å². The van der Waals surface area contributed by atoms with E-state index in [2.05, 4.69) is 0 Å². The van der Waals surface area contributed by atoms with Crippen molar-refractivity contribution in [3.05, 3.63) is 70.3 Å². The van der Waals surface area contributed by atoms with E-state index in [1.54, 1.807) is 24.3 Å². The quantitative estimate of drug-likeness (QED) is 0.312. The third-order valence-corrected chi connectivity index (χ3v) is 7.26. The summed E-state index contributed by atoms with van der Waals surface area (Å²) < 4.78 is 32.7. The lowest BCUT2D eigenvalue weighted by Gasteiger charge is -2.40. The number of likely N-dealkylation sites (tertiary alicyclic amines) is 1. The van der Waals surface area contributed by atoms with E-state index in [-0.39, 0.29) is 36.6 Å². The summed E-state index contributed by atoms with van der Waals surface area (Å²) in [6.07, 6.45) is 0.405. The number of ether oxygens (including phenoxy) is 1. The van der Waals surface area contributed by atoms with Gasteiger partial charge in [0.15, 0.2) is 0 Å². The van der Waals surface area contributed by atoms with Crippen LogP contribution in [0.1, 0.15) is 25.3 Å². The molecule has 1 amide bonds. The van der Waals surface area contributed by atoms with Gasteiger partial charge in [-0.1, -0.05) is 34.8 Å². The van der Waals surface area contributed by atoms with Crippen molar-refractivity contribution in [2.45, 2.75) is 43.4 Å². The number of benzene rings is 2. The van der Waals surface area contributed by atoms with E-state index in [1.165, 1.54) is 18.9 Å². The van der Waals surface area contributed by atoms with Crippen molar-refractivity contribution in [2.24, 2.45) is 0 Å². The van der Waals surface area contributed by atoms with Gasteiger partial charge in [0.05, 0.1) is 29.6 Å². The molecule has 0 aliphatic carbocycles. The summed E-state index contributed by atoms with van der Waals surface area (Å²) in [6.45, 7) is 1.14. The molecule has 1 aliphatic rings. The number of hydroxylamine groups is 1. The van der Waals surface area contributed by atoms with Gasteiger partial charge in [-0.05, 0) is 30.5 Å². The monoisotopic (exact) mass is 491 g/mol. The summed E-state index contributed by atoms with van der Waals surface area (Å²) in [7, 11) is -3.05. The smallest absolute Gasteiger partial charge is 0.328 e. The number of nitrogens with zero attached hydrogens (tertiary/aromatic N) is 3. The van der Waals surface area contributed by atoms with Gasteiger partial charge in [0.25, 0.3) is 15.7 Å². The fourth-order valence-electron chi connectivity index (χ4n) is 3.78. The fraction of sp³-hybridized carbons (Fsp3) is 0.364. The molecule has 3 rings (SSSR count). The highest BCUT2D eigenvalue weighted by molar-refractivity contribution is 7.89. The lowest BCUT2D eigenvalue weighted by atomic mass is 9.98. The highest BCUT2D eigenvalue weighted by Gasteiger charge is 2.42. The van der Waals surface area contributed by atoms with Crippen molar-refractivity contribution < 1.29 is 32.5 Å². The van der Waals surface area contributed by atoms with Crippen LogP contribution in [0.5, 0.6) is 0 Å². The molecular weight excluding hydrogens is 466 g/mol. The highest BCUT2D eigenvalue weighted by atomic mass is 32.2. The first-order chi connectivity index (χ1) is 16.1. The molecule has 2 atom stereocenters. The molecule has 1 heterocycles. The number of sulfonamides is 1. The summed E-state index contributed by atoms with van der Waals surface area (Å²) in [4.78, 5) is 41.6. The Kier molecular flexibility index (Phi) is 7.97. The van der Waals surface area contributed by atoms with Crippen LogP contribution in [0.4, 0.5) is 5.69 Å². The molecule has 1 aliphatic heterocycles. The molecule has 34 heavy (non-hydrogen) atoms. The number of nitro groups is 1. The first-order valence-electron chi connectivity index (χ1n) is 10.5. The molecule has 0 radical (unpaired) electrons. The zero-order valence-corrected chi connectivity index (χ0v) is 19.5. The predicted molar refractivity (Wildman–Crippen MR) is 120 cm³/mol. The number of amides is 1. The minimum atomic E-state index is -4.27. The molecular formula is C22H25N3O8S. The number of rotatable bonds is 8. The Labute approximate surface area is 197 Å². The first kappa shape index (κ1) is 25.3. The number of piperidine rings is 1. The van der Waals surface area contributed by atoms with Gasteiger partial charge < -0.3 is 9.64 Å². The average Bonchev–Trinajstić information content (AvgIpc) is 2.84. The van der Waals surface area contributed by atoms with Gasteiger partial charge in [-0.2, -0.15) is 0 Å². The SMILES string of the molecule is COC(=O)[C@@H]1CC[C@@H](N(OCc2ccccc2)S(=O)(=O)c2ccc([N+](=O)[O-])cc2)CN1C(C)=O. The van der Waals surface area contributed by atoms with Gasteiger partial charge in [-0.25, -0.2) is 13.2 Å². The zero-order valence-electron chi connectivity index (χ0n) is 18.7. The Morgan fingerprint density at radius 2 is 1.76 bits per heavy atom. The predicted octanol–water partition coefficient (Wildman–Crippen LogP) is 2.27. The van der Waals surface area contributed by atoms with Crippen LogP contribution < -0.4 is 0 Å². The number of hydrogen-bond acceptors (Lipinski definition) is 8. The summed E-state index contributed by atoms with van der Waals surface area (Å²) in [5.41, 5.74) is 0.468. The average molecular weight is 492 g/mol. The molecule has 0 bridgehead atoms. The number of hydrogen-bond donors (Lipinski definition) is 0. The van der Waals surface area contributed by atoms with Crippen LogP contribution in [0.15, 0.2) is 59.5 Å². The maximum absolute atomic E-state index is 13.5. The second-order valence-electron chi connectivity index (χ2n) is 7.71. The van der Waals surface area contributed by atoms with Crippen LogP contribution in [0.2, 0.25) is 0 Å². The van der Waals surface area contributed by atoms with Crippen LogP contribution in [-0.2, 0) is 35.8 Å². The molecule has 2 aromatic carbocycles. The van der Waals surface area contributed by atoms with Gasteiger partial charge in [0, 0.05) is 25.6 Å². The third-order valence-electron chi connectivity index (χ3n) is 5.52. The minimum absolute atomic E-state index is 0.0654. The number of non-ortho nitro benzene ring substituents is 1. The number of carbonyl (C=O) groups excluding carboxylic acids is 2. The number of methoxy groups -OCH3 is 1. The molecule has 0 aromatic heterocycles. The van der Waals surface area contributed by atoms with Gasteiger partial charge in [0.1, 0.15) is 6.04 Å². The van der Waals surface area contributed by atoms with Crippen molar-refractivity contribution in [2.75, 3.05) is 13.7 Å². The van der Waals surface area contributed by atoms with Crippen LogP contribution in [-0.4, -0.2) is 60.3 Å². The molecule has 1 saturated heterocycles. The Morgan fingerprint density at radius 1 is 1.12 bits per heavy atom. The van der Waals surface area contributed by atoms with E-state index in [0.29, 0.717) is 0 Å². The lowest BCUT2D eigenvalue weighted by molar-refractivity contribution is -0.384. The standard InChI is InChI=1S/C22H25N3O8S/c1-16(26)23-14-19(10-13-21(23)22(27)32-2)25(33-15-17-6-4-3-5-7-17)34(30,31)20-11-8-18(9-12-20)24(28)29/h3-9,11-12,19,21H,10,13-15H2,1-2H3/t19-,21+/m1/s1. The second-order valence-corrected chi connectivity index (χ2v) is 9.49. The maximum atomic E-state index is 13.5. The van der Waals surface area contributed by atoms with Crippen LogP contribution in [0, 0.1) is 10.1 Å². The van der Waals surface area contributed by atoms with E-state index in [4.69, 9.17) is 9.57 Å². The van der Waals surface area contributed by atoms with Gasteiger partial charge in [-0.3, -0.25) is 19.7 Å². The third kappa shape index (κ3) is 5.58. The summed E-state index contributed by atoms with van der Waals surface area (Å²) >= 11 is 0. The van der Waals surface area contributed by atoms with Gasteiger partial charge in [0.2, 0.25) is 5.91 Å². The van der Waals surface area contributed by atoms with Crippen molar-refractivity contribution in [3.8, 4) is 0 Å². The summed E-state index contributed by atoms with van der Waals surface area (Å²) in [5, 5.41) is 11.0. The van der Waals surface area contributed by atoms with Crippen molar-refractivity contribution in [1.29, 1.82) is 0 Å². The highest BCUT2D eigenvalue weighted by Crippen LogP contribution is 2.29. The minimum Gasteiger partial charge on any atom is -0.467 e. The lowest BCUT2D eigenvalue weighted by Crippen LogP contribution is -2.56. The van der Waals surface area contributed by atoms with Crippen LogP contribution >= 0.6 is 0 Å². The molecule has 0 unspecified atom stereocenters. The number of esters is 1. The molecule has 0 spiro atoms. The normalized spacial score (nSPS) is 18.5. The Bertz CT molecular complexity index is 1140. The van der Waals surface area contributed by atoms with Gasteiger partial charge >= 0.3 is 5.97 Å². The summed E-state index contributed by atoms with van der Waals surface area (Å²) in [5.74, 6) is -0.987. The number of carbonyl (C=O) groups is 2. The van der Waals surface area contributed by atoms with Crippen molar-refractivity contribution in [1.82, 2.24) is 9.37 Å². The Balaban J connectivity index is 1.93. The van der Waals surface area contributed by atoms with E-state index >= 15 is 0 Å². The molecule has 2 aromatic rings. The van der Waals surface area contributed by atoms with E-state index < -0.39 is 38.9 Å². The first-order valence-corrected chi connectivity index (χ1v) is 11.9. The van der Waals surface area contributed by atoms with Crippen LogP contribution in [0.3, 0.4) is 0 Å². The second kappa shape index (κ2) is 10.7. The fourth-order valence-corrected chi connectivity index (χ4v) is 5.22. The maximum Gasteiger partial charge on any atom is 0.328 e. The van der Waals surface area contributed by atoms with Gasteiger partial charge in [-0.15, -0.1) is 0 Å². The Hall–Kier alpha value is -3.35. The van der Waals surface area contributed by atoms with Crippen molar-refractivity contribution in [3.63, 3.8) is 0 Å².